The maximum atomic E-state index is 14.5. The number of pyridine rings is 1. The van der Waals surface area contributed by atoms with Crippen LogP contribution in [0.2, 0.25) is 0 Å². The maximum absolute atomic E-state index is 14.5. The number of carbonyl (C=O) groups is 2. The monoisotopic (exact) mass is 489 g/mol. The first-order chi connectivity index (χ1) is 15.7. The molecule has 0 aliphatic heterocycles. The number of hydrogen-bond donors (Lipinski definition) is 2. The van der Waals surface area contributed by atoms with E-state index in [2.05, 4.69) is 20.4 Å². The molecule has 34 heavy (non-hydrogen) atoms. The second kappa shape index (κ2) is 10.7. The number of halogens is 5. The fourth-order valence-corrected chi connectivity index (χ4v) is 2.86. The molecule has 2 aromatic rings. The number of alkyl halides is 3. The number of ether oxygens (including phenoxy) is 2. The van der Waals surface area contributed by atoms with Crippen molar-refractivity contribution in [1.29, 1.82) is 0 Å². The summed E-state index contributed by atoms with van der Waals surface area (Å²) in [6.07, 6.45) is -4.60. The Morgan fingerprint density at radius 1 is 1.09 bits per heavy atom. The first-order valence-electron chi connectivity index (χ1n) is 10.1. The van der Waals surface area contributed by atoms with E-state index in [0.29, 0.717) is 6.07 Å². The van der Waals surface area contributed by atoms with Crippen molar-refractivity contribution >= 4 is 23.4 Å². The topological polar surface area (TPSA) is 89.5 Å². The molecule has 2 rings (SSSR count). The number of nitrogens with one attached hydrogen (secondary N) is 2. The Labute approximate surface area is 192 Å². The van der Waals surface area contributed by atoms with Gasteiger partial charge in [0.05, 0.1) is 24.6 Å². The van der Waals surface area contributed by atoms with E-state index in [-0.39, 0.29) is 36.3 Å². The first kappa shape index (κ1) is 26.8. The molecule has 0 saturated carbocycles. The highest BCUT2D eigenvalue weighted by Crippen LogP contribution is 2.32. The van der Waals surface area contributed by atoms with Crippen LogP contribution < -0.4 is 10.6 Å². The summed E-state index contributed by atoms with van der Waals surface area (Å²) in [5, 5.41) is 5.12. The summed E-state index contributed by atoms with van der Waals surface area (Å²) >= 11 is 0. The number of rotatable bonds is 7. The molecule has 1 amide bonds. The average molecular weight is 489 g/mol. The third-order valence-corrected chi connectivity index (χ3v) is 4.34. The van der Waals surface area contributed by atoms with Crippen molar-refractivity contribution in [2.75, 3.05) is 19.0 Å². The largest absolute Gasteiger partial charge is 0.465 e. The molecule has 12 heteroatoms. The van der Waals surface area contributed by atoms with E-state index >= 15 is 0 Å². The molecule has 2 N–H and O–H groups in total. The van der Waals surface area contributed by atoms with Gasteiger partial charge in [-0.2, -0.15) is 13.2 Å². The van der Waals surface area contributed by atoms with E-state index in [1.807, 2.05) is 0 Å². The zero-order valence-corrected chi connectivity index (χ0v) is 18.9. The summed E-state index contributed by atoms with van der Waals surface area (Å²) < 4.78 is 77.1. The molecule has 0 unspecified atom stereocenters. The summed E-state index contributed by atoms with van der Waals surface area (Å²) in [6.45, 7) is 5.14. The van der Waals surface area contributed by atoms with E-state index in [9.17, 15) is 31.5 Å². The SMILES string of the molecule is COC(=O)c1cc(C(F)(F)F)ncc1Nc1ccc(F)c(F)c1CCCNC(=O)OC(C)(C)C. The summed E-state index contributed by atoms with van der Waals surface area (Å²) in [7, 11) is 0.987. The molecule has 0 atom stereocenters. The van der Waals surface area contributed by atoms with Crippen LogP contribution in [-0.2, 0) is 22.1 Å². The molecule has 186 valence electrons. The Hall–Kier alpha value is -3.44. The number of anilines is 2. The Balaban J connectivity index is 2.26. The minimum Gasteiger partial charge on any atom is -0.465 e. The molecule has 0 fully saturated rings. The highest BCUT2D eigenvalue weighted by atomic mass is 19.4. The van der Waals surface area contributed by atoms with Crippen molar-refractivity contribution in [3.8, 4) is 0 Å². The van der Waals surface area contributed by atoms with Crippen molar-refractivity contribution in [2.45, 2.75) is 45.4 Å². The molecule has 7 nitrogen and oxygen atoms in total. The van der Waals surface area contributed by atoms with E-state index in [4.69, 9.17) is 4.74 Å². The molecular formula is C22H24F5N3O4. The van der Waals surface area contributed by atoms with Crippen molar-refractivity contribution in [3.05, 3.63) is 52.9 Å². The number of amides is 1. The Morgan fingerprint density at radius 3 is 2.35 bits per heavy atom. The number of alkyl carbamates (subject to hydrolysis) is 1. The van der Waals surface area contributed by atoms with Crippen LogP contribution in [0.5, 0.6) is 0 Å². The third-order valence-electron chi connectivity index (χ3n) is 4.34. The van der Waals surface area contributed by atoms with Crippen LogP contribution in [0, 0.1) is 11.6 Å². The number of carbonyl (C=O) groups excluding carboxylic acids is 2. The molecule has 0 saturated heterocycles. The Bertz CT molecular complexity index is 1050. The summed E-state index contributed by atoms with van der Waals surface area (Å²) in [4.78, 5) is 27.0. The number of benzene rings is 1. The molecule has 0 bridgehead atoms. The smallest absolute Gasteiger partial charge is 0.433 e. The minimum atomic E-state index is -4.81. The van der Waals surface area contributed by atoms with Gasteiger partial charge < -0.3 is 20.1 Å². The number of aromatic nitrogens is 1. The van der Waals surface area contributed by atoms with Crippen LogP contribution in [0.25, 0.3) is 0 Å². The van der Waals surface area contributed by atoms with E-state index in [1.54, 1.807) is 20.8 Å². The normalized spacial score (nSPS) is 11.7. The maximum Gasteiger partial charge on any atom is 0.433 e. The third kappa shape index (κ3) is 7.29. The highest BCUT2D eigenvalue weighted by Gasteiger charge is 2.34. The quantitative estimate of drug-likeness (QED) is 0.309. The van der Waals surface area contributed by atoms with Gasteiger partial charge in [-0.05, 0) is 51.8 Å². The number of hydrogen-bond acceptors (Lipinski definition) is 6. The standard InChI is InChI=1S/C22H24F5N3O4/c1-21(2,3)34-20(32)28-9-5-6-12-15(8-7-14(23)18(12)24)30-16-11-29-17(22(25,26)27)10-13(16)19(31)33-4/h7-8,10-11,30H,5-6,9H2,1-4H3,(H,28,32). The van der Waals surface area contributed by atoms with Crippen LogP contribution in [-0.4, -0.2) is 36.3 Å². The zero-order valence-electron chi connectivity index (χ0n) is 18.9. The van der Waals surface area contributed by atoms with E-state index in [1.165, 1.54) is 6.07 Å². The Kier molecular flexibility index (Phi) is 8.41. The van der Waals surface area contributed by atoms with Gasteiger partial charge in [0.25, 0.3) is 0 Å². The van der Waals surface area contributed by atoms with Crippen LogP contribution in [0.3, 0.4) is 0 Å². The van der Waals surface area contributed by atoms with Crippen LogP contribution >= 0.6 is 0 Å². The lowest BCUT2D eigenvalue weighted by Gasteiger charge is -2.20. The minimum absolute atomic E-state index is 0.00267. The first-order valence-corrected chi connectivity index (χ1v) is 10.1. The molecule has 0 spiro atoms. The van der Waals surface area contributed by atoms with Gasteiger partial charge in [-0.15, -0.1) is 0 Å². The second-order valence-electron chi connectivity index (χ2n) is 8.15. The number of esters is 1. The van der Waals surface area contributed by atoms with Crippen molar-refractivity contribution in [1.82, 2.24) is 10.3 Å². The lowest BCUT2D eigenvalue weighted by atomic mass is 10.1. The molecule has 1 aromatic carbocycles. The van der Waals surface area contributed by atoms with E-state index in [0.717, 1.165) is 19.4 Å². The lowest BCUT2D eigenvalue weighted by molar-refractivity contribution is -0.141. The van der Waals surface area contributed by atoms with Gasteiger partial charge in [0.15, 0.2) is 11.6 Å². The van der Waals surface area contributed by atoms with Crippen LogP contribution in [0.4, 0.5) is 38.1 Å². The van der Waals surface area contributed by atoms with E-state index < -0.39 is 46.7 Å². The van der Waals surface area contributed by atoms with Gasteiger partial charge >= 0.3 is 18.2 Å². The van der Waals surface area contributed by atoms with Crippen molar-refractivity contribution in [3.63, 3.8) is 0 Å². The molecule has 1 aromatic heterocycles. The van der Waals surface area contributed by atoms with Crippen LogP contribution in [0.15, 0.2) is 24.4 Å². The molecule has 0 radical (unpaired) electrons. The van der Waals surface area contributed by atoms with Gasteiger partial charge in [-0.25, -0.2) is 23.4 Å². The predicted molar refractivity (Wildman–Crippen MR) is 113 cm³/mol. The second-order valence-corrected chi connectivity index (χ2v) is 8.15. The van der Waals surface area contributed by atoms with Crippen molar-refractivity contribution in [2.24, 2.45) is 0 Å². The average Bonchev–Trinajstić information content (AvgIpc) is 2.73. The number of nitrogens with zero attached hydrogens (tertiary/aromatic N) is 1. The van der Waals surface area contributed by atoms with Gasteiger partial charge in [0.1, 0.15) is 11.3 Å². The molecule has 0 aliphatic rings. The Morgan fingerprint density at radius 2 is 1.76 bits per heavy atom. The predicted octanol–water partition coefficient (Wildman–Crippen LogP) is 5.37. The summed E-state index contributed by atoms with van der Waals surface area (Å²) in [5.41, 5.74) is -2.85. The summed E-state index contributed by atoms with van der Waals surface area (Å²) in [6, 6.07) is 2.50. The lowest BCUT2D eigenvalue weighted by Crippen LogP contribution is -2.33. The zero-order chi connectivity index (χ0) is 25.7. The number of methoxy groups -OCH3 is 1. The molecule has 1 heterocycles. The van der Waals surface area contributed by atoms with Gasteiger partial charge in [-0.3, -0.25) is 0 Å². The fourth-order valence-electron chi connectivity index (χ4n) is 2.86. The molecular weight excluding hydrogens is 465 g/mol. The van der Waals surface area contributed by atoms with Crippen LogP contribution in [0.1, 0.15) is 48.8 Å². The van der Waals surface area contributed by atoms with Gasteiger partial charge in [-0.1, -0.05) is 0 Å². The summed E-state index contributed by atoms with van der Waals surface area (Å²) in [5.74, 6) is -3.40. The van der Waals surface area contributed by atoms with Gasteiger partial charge in [0, 0.05) is 17.8 Å². The molecule has 0 aliphatic carbocycles. The highest BCUT2D eigenvalue weighted by molar-refractivity contribution is 5.96. The van der Waals surface area contributed by atoms with Gasteiger partial charge in [0.2, 0.25) is 0 Å². The van der Waals surface area contributed by atoms with Crippen molar-refractivity contribution < 1.29 is 41.0 Å². The fraction of sp³-hybridized carbons (Fsp3) is 0.409.